The lowest BCUT2D eigenvalue weighted by atomic mass is 10.2. The Hall–Kier alpha value is -4.06. The van der Waals surface area contributed by atoms with Gasteiger partial charge in [-0.15, -0.1) is 0 Å². The fourth-order valence-electron chi connectivity index (χ4n) is 2.61. The lowest BCUT2D eigenvalue weighted by molar-refractivity contribution is -0.128. The van der Waals surface area contributed by atoms with Crippen LogP contribution in [-0.2, 0) is 9.53 Å². The van der Waals surface area contributed by atoms with Crippen LogP contribution in [-0.4, -0.2) is 32.3 Å². The van der Waals surface area contributed by atoms with Crippen LogP contribution in [0.3, 0.4) is 0 Å². The van der Waals surface area contributed by atoms with Gasteiger partial charge in [-0.2, -0.15) is 0 Å². The van der Waals surface area contributed by atoms with Crippen molar-refractivity contribution in [3.8, 4) is 17.2 Å². The molecule has 0 spiro atoms. The number of carbonyl (C=O) groups excluding carboxylic acids is 2. The molecule has 158 valence electrons. The molecule has 0 saturated carbocycles. The maximum atomic E-state index is 12.1. The van der Waals surface area contributed by atoms with Gasteiger partial charge in [0.05, 0.1) is 12.7 Å². The first-order valence-electron chi connectivity index (χ1n) is 9.63. The standard InChI is InChI=1S/C25H22O6/c1-28-23-9-5-6-19(18-23)10-15-24(26)31-22-13-11-20(12-14-22)25(27)30-17-16-29-21-7-3-2-4-8-21/h2-15,18H,16-17H2,1H3/b15-10+. The molecule has 0 atom stereocenters. The van der Waals surface area contributed by atoms with Crippen molar-refractivity contribution in [2.24, 2.45) is 0 Å². The van der Waals surface area contributed by atoms with E-state index in [1.54, 1.807) is 19.3 Å². The van der Waals surface area contributed by atoms with E-state index in [0.29, 0.717) is 22.8 Å². The van der Waals surface area contributed by atoms with Gasteiger partial charge in [-0.25, -0.2) is 9.59 Å². The molecule has 0 aliphatic carbocycles. The number of ether oxygens (including phenoxy) is 4. The molecule has 3 rings (SSSR count). The highest BCUT2D eigenvalue weighted by Gasteiger charge is 2.08. The van der Waals surface area contributed by atoms with Gasteiger partial charge in [-0.05, 0) is 60.2 Å². The monoisotopic (exact) mass is 418 g/mol. The minimum Gasteiger partial charge on any atom is -0.497 e. The summed E-state index contributed by atoms with van der Waals surface area (Å²) >= 11 is 0. The molecule has 3 aromatic carbocycles. The molecular formula is C25H22O6. The van der Waals surface area contributed by atoms with Crippen LogP contribution in [0.5, 0.6) is 17.2 Å². The highest BCUT2D eigenvalue weighted by molar-refractivity contribution is 5.90. The average Bonchev–Trinajstić information content (AvgIpc) is 2.81. The second-order valence-electron chi connectivity index (χ2n) is 6.35. The van der Waals surface area contributed by atoms with Gasteiger partial charge in [0.15, 0.2) is 0 Å². The summed E-state index contributed by atoms with van der Waals surface area (Å²) in [5.41, 5.74) is 1.16. The average molecular weight is 418 g/mol. The predicted octanol–water partition coefficient (Wildman–Crippen LogP) is 4.55. The molecule has 6 heteroatoms. The highest BCUT2D eigenvalue weighted by atomic mass is 16.6. The van der Waals surface area contributed by atoms with Gasteiger partial charge in [0.2, 0.25) is 0 Å². The number of hydrogen-bond acceptors (Lipinski definition) is 6. The van der Waals surface area contributed by atoms with Crippen molar-refractivity contribution in [1.29, 1.82) is 0 Å². The van der Waals surface area contributed by atoms with E-state index in [-0.39, 0.29) is 13.2 Å². The third-order valence-electron chi connectivity index (χ3n) is 4.14. The zero-order chi connectivity index (χ0) is 21.9. The summed E-state index contributed by atoms with van der Waals surface area (Å²) in [6.07, 6.45) is 2.96. The van der Waals surface area contributed by atoms with Gasteiger partial charge in [0, 0.05) is 6.08 Å². The van der Waals surface area contributed by atoms with Crippen LogP contribution >= 0.6 is 0 Å². The Morgan fingerprint density at radius 3 is 2.29 bits per heavy atom. The number of carbonyl (C=O) groups is 2. The van der Waals surface area contributed by atoms with Crippen LogP contribution in [0, 0.1) is 0 Å². The van der Waals surface area contributed by atoms with E-state index >= 15 is 0 Å². The summed E-state index contributed by atoms with van der Waals surface area (Å²) in [6.45, 7) is 0.380. The number of para-hydroxylation sites is 1. The summed E-state index contributed by atoms with van der Waals surface area (Å²) in [5.74, 6) is 0.725. The fourth-order valence-corrected chi connectivity index (χ4v) is 2.61. The van der Waals surface area contributed by atoms with Gasteiger partial charge in [0.25, 0.3) is 0 Å². The molecular weight excluding hydrogens is 396 g/mol. The molecule has 6 nitrogen and oxygen atoms in total. The fraction of sp³-hybridized carbons (Fsp3) is 0.120. The van der Waals surface area contributed by atoms with Crippen LogP contribution in [0.2, 0.25) is 0 Å². The first-order chi connectivity index (χ1) is 15.1. The Morgan fingerprint density at radius 2 is 1.55 bits per heavy atom. The summed E-state index contributed by atoms with van der Waals surface area (Å²) in [7, 11) is 1.58. The van der Waals surface area contributed by atoms with E-state index < -0.39 is 11.9 Å². The van der Waals surface area contributed by atoms with E-state index in [1.807, 2.05) is 48.5 Å². The molecule has 0 saturated heterocycles. The Bertz CT molecular complexity index is 1030. The summed E-state index contributed by atoms with van der Waals surface area (Å²) in [5, 5.41) is 0. The molecule has 0 aromatic heterocycles. The van der Waals surface area contributed by atoms with Crippen molar-refractivity contribution in [3.63, 3.8) is 0 Å². The Labute approximate surface area is 180 Å². The topological polar surface area (TPSA) is 71.1 Å². The zero-order valence-electron chi connectivity index (χ0n) is 17.0. The molecule has 0 radical (unpaired) electrons. The molecule has 0 N–H and O–H groups in total. The molecule has 31 heavy (non-hydrogen) atoms. The SMILES string of the molecule is COc1cccc(/C=C/C(=O)Oc2ccc(C(=O)OCCOc3ccccc3)cc2)c1. The molecule has 0 amide bonds. The lowest BCUT2D eigenvalue weighted by Gasteiger charge is -2.08. The van der Waals surface area contributed by atoms with E-state index in [0.717, 1.165) is 5.56 Å². The molecule has 0 bridgehead atoms. The number of methoxy groups -OCH3 is 1. The van der Waals surface area contributed by atoms with Crippen molar-refractivity contribution < 1.29 is 28.5 Å². The van der Waals surface area contributed by atoms with Gasteiger partial charge < -0.3 is 18.9 Å². The predicted molar refractivity (Wildman–Crippen MR) is 116 cm³/mol. The van der Waals surface area contributed by atoms with Crippen LogP contribution < -0.4 is 14.2 Å². The van der Waals surface area contributed by atoms with E-state index in [1.165, 1.54) is 30.3 Å². The summed E-state index contributed by atoms with van der Waals surface area (Å²) in [4.78, 5) is 24.1. The smallest absolute Gasteiger partial charge is 0.338 e. The Kier molecular flexibility index (Phi) is 7.83. The van der Waals surface area contributed by atoms with Crippen LogP contribution in [0.25, 0.3) is 6.08 Å². The molecule has 0 fully saturated rings. The zero-order valence-corrected chi connectivity index (χ0v) is 17.0. The number of esters is 2. The van der Waals surface area contributed by atoms with Crippen molar-refractivity contribution in [2.75, 3.05) is 20.3 Å². The lowest BCUT2D eigenvalue weighted by Crippen LogP contribution is -2.12. The summed E-state index contributed by atoms with van der Waals surface area (Å²) in [6, 6.07) is 22.7. The number of benzene rings is 3. The normalized spacial score (nSPS) is 10.5. The first kappa shape index (κ1) is 21.6. The molecule has 0 aliphatic rings. The third-order valence-corrected chi connectivity index (χ3v) is 4.14. The molecule has 0 unspecified atom stereocenters. The minimum absolute atomic E-state index is 0.125. The van der Waals surface area contributed by atoms with Gasteiger partial charge in [-0.1, -0.05) is 30.3 Å². The van der Waals surface area contributed by atoms with E-state index in [2.05, 4.69) is 0 Å². The Morgan fingerprint density at radius 1 is 0.806 bits per heavy atom. The molecule has 3 aromatic rings. The van der Waals surface area contributed by atoms with Gasteiger partial charge in [0.1, 0.15) is 30.5 Å². The second kappa shape index (κ2) is 11.2. The van der Waals surface area contributed by atoms with Crippen molar-refractivity contribution in [1.82, 2.24) is 0 Å². The van der Waals surface area contributed by atoms with Crippen molar-refractivity contribution in [3.05, 3.63) is 96.1 Å². The molecule has 0 heterocycles. The Balaban J connectivity index is 1.44. The minimum atomic E-state index is -0.531. The largest absolute Gasteiger partial charge is 0.497 e. The number of rotatable bonds is 9. The second-order valence-corrected chi connectivity index (χ2v) is 6.35. The quantitative estimate of drug-likeness (QED) is 0.220. The van der Waals surface area contributed by atoms with Crippen molar-refractivity contribution in [2.45, 2.75) is 0 Å². The van der Waals surface area contributed by atoms with Crippen LogP contribution in [0.1, 0.15) is 15.9 Å². The first-order valence-corrected chi connectivity index (χ1v) is 9.63. The van der Waals surface area contributed by atoms with Crippen LogP contribution in [0.4, 0.5) is 0 Å². The van der Waals surface area contributed by atoms with Gasteiger partial charge >= 0.3 is 11.9 Å². The maximum Gasteiger partial charge on any atom is 0.338 e. The third kappa shape index (κ3) is 7.04. The van der Waals surface area contributed by atoms with E-state index in [9.17, 15) is 9.59 Å². The summed E-state index contributed by atoms with van der Waals surface area (Å²) < 4.78 is 21.0. The number of hydrogen-bond donors (Lipinski definition) is 0. The van der Waals surface area contributed by atoms with Gasteiger partial charge in [-0.3, -0.25) is 0 Å². The van der Waals surface area contributed by atoms with Crippen LogP contribution in [0.15, 0.2) is 84.9 Å². The maximum absolute atomic E-state index is 12.1. The molecule has 0 aliphatic heterocycles. The van der Waals surface area contributed by atoms with Crippen molar-refractivity contribution >= 4 is 18.0 Å². The highest BCUT2D eigenvalue weighted by Crippen LogP contribution is 2.16. The van der Waals surface area contributed by atoms with E-state index in [4.69, 9.17) is 18.9 Å².